The van der Waals surface area contributed by atoms with Gasteiger partial charge in [-0.15, -0.1) is 0 Å². The molecule has 0 unspecified atom stereocenters. The molecular formula is C24H28ClN3O8S2. The second kappa shape index (κ2) is 11.5. The number of aryl methyl sites for hydroxylation is 1. The highest BCUT2D eigenvalue weighted by atomic mass is 35.5. The van der Waals surface area contributed by atoms with E-state index in [2.05, 4.69) is 4.90 Å². The van der Waals surface area contributed by atoms with Crippen LogP contribution in [0.5, 0.6) is 5.75 Å². The van der Waals surface area contributed by atoms with Crippen LogP contribution in [0, 0.1) is 6.92 Å². The van der Waals surface area contributed by atoms with Gasteiger partial charge in [-0.2, -0.15) is 0 Å². The van der Waals surface area contributed by atoms with Gasteiger partial charge in [-0.1, -0.05) is 29.3 Å². The fraction of sp³-hybridized carbons (Fsp3) is 0.375. The van der Waals surface area contributed by atoms with E-state index in [-0.39, 0.29) is 32.9 Å². The molecule has 14 heteroatoms. The molecule has 2 aromatic heterocycles. The van der Waals surface area contributed by atoms with Gasteiger partial charge in [0.25, 0.3) is 10.0 Å². The standard InChI is InChI=1S/C24H28ClN3O8S2/c1-17-4-6-18(7-5-17)38(32,33)28-10-8-19(25)22(28)20-16-21(34-2)23(36-20)24(29)26-37(30,31)15-3-9-27-11-13-35-14-12-27/h4-8,10,16H,3,9,11-15H2,1-2H3,(H,26,29). The number of morpholine rings is 1. The van der Waals surface area contributed by atoms with Crippen molar-refractivity contribution in [1.29, 1.82) is 0 Å². The quantitative estimate of drug-likeness (QED) is 0.381. The van der Waals surface area contributed by atoms with Gasteiger partial charge >= 0.3 is 5.91 Å². The lowest BCUT2D eigenvalue weighted by Crippen LogP contribution is -2.38. The van der Waals surface area contributed by atoms with Gasteiger partial charge in [0.05, 0.1) is 36.0 Å². The molecule has 0 aliphatic carbocycles. The van der Waals surface area contributed by atoms with Crippen LogP contribution in [-0.4, -0.2) is 77.3 Å². The molecule has 1 fully saturated rings. The summed E-state index contributed by atoms with van der Waals surface area (Å²) in [6, 6.07) is 8.91. The number of amides is 1. The van der Waals surface area contributed by atoms with E-state index in [4.69, 9.17) is 25.5 Å². The van der Waals surface area contributed by atoms with E-state index in [1.54, 1.807) is 12.1 Å². The SMILES string of the molecule is COc1cc(-c2c(Cl)ccn2S(=O)(=O)c2ccc(C)cc2)oc1C(=O)NS(=O)(=O)CCCN1CCOCC1. The van der Waals surface area contributed by atoms with Crippen LogP contribution in [0.15, 0.2) is 51.9 Å². The van der Waals surface area contributed by atoms with Crippen LogP contribution in [0.1, 0.15) is 22.5 Å². The van der Waals surface area contributed by atoms with E-state index in [1.165, 1.54) is 37.6 Å². The van der Waals surface area contributed by atoms with Crippen molar-refractivity contribution in [3.05, 3.63) is 58.9 Å². The number of nitrogens with zero attached hydrogens (tertiary/aromatic N) is 2. The third-order valence-electron chi connectivity index (χ3n) is 5.98. The van der Waals surface area contributed by atoms with Crippen molar-refractivity contribution in [2.75, 3.05) is 45.7 Å². The van der Waals surface area contributed by atoms with E-state index < -0.39 is 31.7 Å². The van der Waals surface area contributed by atoms with E-state index in [0.29, 0.717) is 26.2 Å². The van der Waals surface area contributed by atoms with E-state index >= 15 is 0 Å². The lowest BCUT2D eigenvalue weighted by atomic mass is 10.2. The monoisotopic (exact) mass is 585 g/mol. The number of benzene rings is 1. The number of hydrogen-bond acceptors (Lipinski definition) is 9. The third kappa shape index (κ3) is 6.24. The van der Waals surface area contributed by atoms with Gasteiger partial charge in [0, 0.05) is 25.4 Å². The minimum absolute atomic E-state index is 0.0243. The summed E-state index contributed by atoms with van der Waals surface area (Å²) in [5.74, 6) is -1.93. The summed E-state index contributed by atoms with van der Waals surface area (Å²) in [6.45, 7) is 5.04. The summed E-state index contributed by atoms with van der Waals surface area (Å²) < 4.78 is 70.8. The smallest absolute Gasteiger partial charge is 0.304 e. The van der Waals surface area contributed by atoms with Crippen LogP contribution < -0.4 is 9.46 Å². The molecule has 0 bridgehead atoms. The van der Waals surface area contributed by atoms with Crippen LogP contribution in [0.3, 0.4) is 0 Å². The molecule has 1 aromatic carbocycles. The summed E-state index contributed by atoms with van der Waals surface area (Å²) >= 11 is 6.32. The summed E-state index contributed by atoms with van der Waals surface area (Å²) in [6.07, 6.45) is 1.59. The Bertz CT molecular complexity index is 1510. The number of furan rings is 1. The van der Waals surface area contributed by atoms with Crippen LogP contribution in [0.4, 0.5) is 0 Å². The fourth-order valence-corrected chi connectivity index (χ4v) is 6.62. The number of halogens is 1. The Labute approximate surface area is 226 Å². The topological polar surface area (TPSA) is 137 Å². The average molecular weight is 586 g/mol. The maximum Gasteiger partial charge on any atom is 0.304 e. The summed E-state index contributed by atoms with van der Waals surface area (Å²) in [5.41, 5.74) is 0.843. The molecule has 3 aromatic rings. The maximum absolute atomic E-state index is 13.3. The first-order valence-corrected chi connectivity index (χ1v) is 15.2. The summed E-state index contributed by atoms with van der Waals surface area (Å²) in [4.78, 5) is 15.0. The molecule has 4 rings (SSSR count). The van der Waals surface area contributed by atoms with Crippen molar-refractivity contribution < 1.29 is 35.5 Å². The van der Waals surface area contributed by atoms with Gasteiger partial charge in [-0.05, 0) is 38.1 Å². The molecule has 1 aliphatic heterocycles. The normalized spacial score (nSPS) is 14.9. The molecule has 1 saturated heterocycles. The van der Waals surface area contributed by atoms with Crippen LogP contribution in [0.2, 0.25) is 5.02 Å². The first-order valence-electron chi connectivity index (χ1n) is 11.7. The summed E-state index contributed by atoms with van der Waals surface area (Å²) in [7, 11) is -6.78. The lowest BCUT2D eigenvalue weighted by Gasteiger charge is -2.26. The van der Waals surface area contributed by atoms with Crippen LogP contribution in [0.25, 0.3) is 11.5 Å². The fourth-order valence-electron chi connectivity index (χ4n) is 3.98. The largest absolute Gasteiger partial charge is 0.492 e. The Kier molecular flexibility index (Phi) is 8.52. The molecule has 0 radical (unpaired) electrons. The second-order valence-corrected chi connectivity index (χ2v) is 12.8. The highest BCUT2D eigenvalue weighted by molar-refractivity contribution is 7.90. The van der Waals surface area contributed by atoms with Crippen molar-refractivity contribution in [3.63, 3.8) is 0 Å². The number of carbonyl (C=O) groups excluding carboxylic acids is 1. The maximum atomic E-state index is 13.3. The van der Waals surface area contributed by atoms with E-state index in [9.17, 15) is 21.6 Å². The number of hydrogen-bond donors (Lipinski definition) is 1. The summed E-state index contributed by atoms with van der Waals surface area (Å²) in [5, 5.41) is 0.0415. The van der Waals surface area contributed by atoms with Gasteiger partial charge in [0.2, 0.25) is 15.8 Å². The Morgan fingerprint density at radius 1 is 1.11 bits per heavy atom. The van der Waals surface area contributed by atoms with Crippen molar-refractivity contribution >= 4 is 37.6 Å². The third-order valence-corrected chi connectivity index (χ3v) is 9.30. The number of nitrogens with one attached hydrogen (secondary N) is 1. The Morgan fingerprint density at radius 3 is 2.45 bits per heavy atom. The number of ether oxygens (including phenoxy) is 2. The van der Waals surface area contributed by atoms with Gasteiger partial charge in [-0.3, -0.25) is 9.69 Å². The van der Waals surface area contributed by atoms with E-state index in [0.717, 1.165) is 22.6 Å². The molecule has 38 heavy (non-hydrogen) atoms. The number of methoxy groups -OCH3 is 1. The second-order valence-electron chi connectivity index (χ2n) is 8.69. The molecule has 0 saturated carbocycles. The van der Waals surface area contributed by atoms with Crippen LogP contribution in [-0.2, 0) is 24.8 Å². The molecule has 1 N–H and O–H groups in total. The number of carbonyl (C=O) groups is 1. The average Bonchev–Trinajstić information content (AvgIpc) is 3.48. The van der Waals surface area contributed by atoms with Crippen molar-refractivity contribution in [2.45, 2.75) is 18.2 Å². The van der Waals surface area contributed by atoms with Gasteiger partial charge in [-0.25, -0.2) is 25.5 Å². The predicted molar refractivity (Wildman–Crippen MR) is 141 cm³/mol. The van der Waals surface area contributed by atoms with Crippen molar-refractivity contribution in [3.8, 4) is 17.2 Å². The van der Waals surface area contributed by atoms with Crippen molar-refractivity contribution in [1.82, 2.24) is 13.6 Å². The Balaban J connectivity index is 1.55. The molecule has 3 heterocycles. The number of aromatic nitrogens is 1. The first-order chi connectivity index (χ1) is 18.0. The molecule has 11 nitrogen and oxygen atoms in total. The van der Waals surface area contributed by atoms with Crippen molar-refractivity contribution in [2.24, 2.45) is 0 Å². The molecule has 206 valence electrons. The highest BCUT2D eigenvalue weighted by Crippen LogP contribution is 2.37. The molecule has 1 aliphatic rings. The zero-order chi connectivity index (χ0) is 27.5. The predicted octanol–water partition coefficient (Wildman–Crippen LogP) is 2.74. The molecular weight excluding hydrogens is 558 g/mol. The zero-order valence-electron chi connectivity index (χ0n) is 20.8. The van der Waals surface area contributed by atoms with Crippen LogP contribution >= 0.6 is 11.6 Å². The lowest BCUT2D eigenvalue weighted by molar-refractivity contribution is 0.0381. The Hall–Kier alpha value is -2.84. The first kappa shape index (κ1) is 28.2. The van der Waals surface area contributed by atoms with Gasteiger partial charge in [0.1, 0.15) is 5.69 Å². The molecule has 0 spiro atoms. The number of sulfonamides is 1. The molecule has 0 atom stereocenters. The van der Waals surface area contributed by atoms with E-state index in [1.807, 2.05) is 11.6 Å². The minimum Gasteiger partial charge on any atom is -0.492 e. The number of rotatable bonds is 10. The Morgan fingerprint density at radius 2 is 1.79 bits per heavy atom. The highest BCUT2D eigenvalue weighted by Gasteiger charge is 2.29. The molecule has 1 amide bonds. The zero-order valence-corrected chi connectivity index (χ0v) is 23.2. The van der Waals surface area contributed by atoms with Gasteiger partial charge in [0.15, 0.2) is 11.5 Å². The van der Waals surface area contributed by atoms with Gasteiger partial charge < -0.3 is 13.9 Å². The minimum atomic E-state index is -4.07.